The molecule has 104 valence electrons. The summed E-state index contributed by atoms with van der Waals surface area (Å²) in [5.74, 6) is 0.944. The zero-order chi connectivity index (χ0) is 14.5. The summed E-state index contributed by atoms with van der Waals surface area (Å²) in [6, 6.07) is 7.53. The number of carbonyl (C=O) groups excluding carboxylic acids is 1. The molecule has 1 aromatic heterocycles. The van der Waals surface area contributed by atoms with Crippen LogP contribution in [0.15, 0.2) is 41.7 Å². The van der Waals surface area contributed by atoms with Crippen LogP contribution in [-0.4, -0.2) is 35.8 Å². The van der Waals surface area contributed by atoms with Crippen LogP contribution in [0, 0.1) is 0 Å². The molecule has 2 aromatic rings. The van der Waals surface area contributed by atoms with Gasteiger partial charge in [-0.15, -0.1) is 0 Å². The highest BCUT2D eigenvalue weighted by Crippen LogP contribution is 2.17. The molecule has 2 N–H and O–H groups in total. The fraction of sp³-hybridized carbons (Fsp3) is 0.214. The third-order valence-corrected chi connectivity index (χ3v) is 3.03. The normalized spacial score (nSPS) is 11.2. The first-order valence-electron chi connectivity index (χ1n) is 6.19. The quantitative estimate of drug-likeness (QED) is 0.663. The lowest BCUT2D eigenvalue weighted by Gasteiger charge is -2.18. The number of H-pyrrole nitrogens is 1. The molecule has 1 amide bonds. The van der Waals surface area contributed by atoms with Crippen LogP contribution in [0.5, 0.6) is 0 Å². The summed E-state index contributed by atoms with van der Waals surface area (Å²) < 4.78 is 0. The van der Waals surface area contributed by atoms with Gasteiger partial charge in [0.05, 0.1) is 5.84 Å². The van der Waals surface area contributed by atoms with Gasteiger partial charge in [-0.2, -0.15) is 0 Å². The van der Waals surface area contributed by atoms with Crippen molar-refractivity contribution in [3.63, 3.8) is 0 Å². The molecule has 6 heteroatoms. The number of hydrogen-bond acceptors (Lipinski definition) is 3. The van der Waals surface area contributed by atoms with Crippen molar-refractivity contribution in [2.75, 3.05) is 24.3 Å². The average molecular weight is 271 g/mol. The summed E-state index contributed by atoms with van der Waals surface area (Å²) in [6.45, 7) is 1.94. The molecule has 0 bridgehead atoms. The van der Waals surface area contributed by atoms with E-state index in [1.54, 1.807) is 19.4 Å². The summed E-state index contributed by atoms with van der Waals surface area (Å²) >= 11 is 0. The minimum atomic E-state index is -0.262. The van der Waals surface area contributed by atoms with Crippen molar-refractivity contribution in [1.29, 1.82) is 0 Å². The van der Waals surface area contributed by atoms with Crippen LogP contribution in [0.25, 0.3) is 0 Å². The van der Waals surface area contributed by atoms with Gasteiger partial charge in [-0.3, -0.25) is 9.79 Å². The Hall–Kier alpha value is -2.63. The molecule has 0 spiro atoms. The van der Waals surface area contributed by atoms with Gasteiger partial charge in [0.2, 0.25) is 0 Å². The average Bonchev–Trinajstić information content (AvgIpc) is 3.01. The van der Waals surface area contributed by atoms with Crippen LogP contribution in [0.3, 0.4) is 0 Å². The van der Waals surface area contributed by atoms with E-state index in [1.807, 2.05) is 43.1 Å². The number of nitrogens with zero attached hydrogens (tertiary/aromatic N) is 3. The van der Waals surface area contributed by atoms with Crippen LogP contribution in [0.4, 0.5) is 11.4 Å². The van der Waals surface area contributed by atoms with Crippen LogP contribution < -0.4 is 10.2 Å². The second-order valence-electron chi connectivity index (χ2n) is 4.27. The maximum absolute atomic E-state index is 11.8. The number of hydrogen-bond donors (Lipinski definition) is 2. The predicted molar refractivity (Wildman–Crippen MR) is 80.4 cm³/mol. The van der Waals surface area contributed by atoms with Gasteiger partial charge in [0, 0.05) is 37.9 Å². The standard InChI is InChI=1S/C14H17N5O/c1-10(15-2)19(3)12-6-4-11(5-7-12)18-14(20)13-16-8-9-17-13/h4-9H,1-3H3,(H,16,17)(H,18,20). The number of aromatic amines is 1. The summed E-state index contributed by atoms with van der Waals surface area (Å²) in [5, 5.41) is 2.77. The number of nitrogens with one attached hydrogen (secondary N) is 2. The number of rotatable bonds is 3. The first kappa shape index (κ1) is 13.8. The van der Waals surface area contributed by atoms with Crippen molar-refractivity contribution in [1.82, 2.24) is 9.97 Å². The molecule has 0 aliphatic heterocycles. The molecule has 0 unspecified atom stereocenters. The number of anilines is 2. The molecule has 0 aliphatic rings. The van der Waals surface area contributed by atoms with Gasteiger partial charge in [-0.05, 0) is 31.2 Å². The number of amidine groups is 1. The van der Waals surface area contributed by atoms with Crippen molar-refractivity contribution >= 4 is 23.1 Å². The van der Waals surface area contributed by atoms with Crippen molar-refractivity contribution in [3.8, 4) is 0 Å². The Bertz CT molecular complexity index is 601. The number of aromatic nitrogens is 2. The molecular formula is C14H17N5O. The molecule has 0 saturated heterocycles. The van der Waals surface area contributed by atoms with Gasteiger partial charge in [0.15, 0.2) is 5.82 Å². The molecule has 2 rings (SSSR count). The predicted octanol–water partition coefficient (Wildman–Crippen LogP) is 2.15. The molecule has 0 saturated carbocycles. The van der Waals surface area contributed by atoms with Gasteiger partial charge in [0.1, 0.15) is 0 Å². The lowest BCUT2D eigenvalue weighted by Crippen LogP contribution is -2.23. The number of amides is 1. The Morgan fingerprint density at radius 3 is 2.60 bits per heavy atom. The maximum Gasteiger partial charge on any atom is 0.291 e. The van der Waals surface area contributed by atoms with Gasteiger partial charge < -0.3 is 15.2 Å². The zero-order valence-corrected chi connectivity index (χ0v) is 11.7. The summed E-state index contributed by atoms with van der Waals surface area (Å²) in [4.78, 5) is 24.6. The van der Waals surface area contributed by atoms with E-state index in [2.05, 4.69) is 20.3 Å². The van der Waals surface area contributed by atoms with Crippen molar-refractivity contribution in [2.24, 2.45) is 4.99 Å². The first-order valence-corrected chi connectivity index (χ1v) is 6.19. The zero-order valence-electron chi connectivity index (χ0n) is 11.7. The summed E-state index contributed by atoms with van der Waals surface area (Å²) in [6.07, 6.45) is 3.15. The van der Waals surface area contributed by atoms with E-state index >= 15 is 0 Å². The van der Waals surface area contributed by atoms with Crippen molar-refractivity contribution < 1.29 is 4.79 Å². The van der Waals surface area contributed by atoms with Crippen LogP contribution >= 0.6 is 0 Å². The third kappa shape index (κ3) is 3.03. The number of aliphatic imine (C=N–C) groups is 1. The number of carbonyl (C=O) groups is 1. The van der Waals surface area contributed by atoms with Crippen LogP contribution in [0.1, 0.15) is 17.5 Å². The SMILES string of the molecule is CN=C(C)N(C)c1ccc(NC(=O)c2ncc[nH]2)cc1. The lowest BCUT2D eigenvalue weighted by atomic mass is 10.2. The van der Waals surface area contributed by atoms with Gasteiger partial charge >= 0.3 is 0 Å². The highest BCUT2D eigenvalue weighted by Gasteiger charge is 2.08. The smallest absolute Gasteiger partial charge is 0.291 e. The van der Waals surface area contributed by atoms with E-state index in [0.717, 1.165) is 17.2 Å². The highest BCUT2D eigenvalue weighted by atomic mass is 16.2. The van der Waals surface area contributed by atoms with E-state index in [4.69, 9.17) is 0 Å². The second kappa shape index (κ2) is 6.01. The number of benzene rings is 1. The minimum Gasteiger partial charge on any atom is -0.341 e. The van der Waals surface area contributed by atoms with Crippen molar-refractivity contribution in [2.45, 2.75) is 6.92 Å². The van der Waals surface area contributed by atoms with E-state index in [0.29, 0.717) is 5.82 Å². The Morgan fingerprint density at radius 1 is 1.35 bits per heavy atom. The molecule has 0 atom stereocenters. The van der Waals surface area contributed by atoms with E-state index in [9.17, 15) is 4.79 Å². The van der Waals surface area contributed by atoms with E-state index in [1.165, 1.54) is 0 Å². The van der Waals surface area contributed by atoms with E-state index in [-0.39, 0.29) is 5.91 Å². The summed E-state index contributed by atoms with van der Waals surface area (Å²) in [5.41, 5.74) is 1.72. The van der Waals surface area contributed by atoms with Crippen molar-refractivity contribution in [3.05, 3.63) is 42.5 Å². The largest absolute Gasteiger partial charge is 0.341 e. The fourth-order valence-electron chi connectivity index (χ4n) is 1.68. The minimum absolute atomic E-state index is 0.262. The second-order valence-corrected chi connectivity index (χ2v) is 4.27. The Morgan fingerprint density at radius 2 is 2.05 bits per heavy atom. The Balaban J connectivity index is 2.07. The van der Waals surface area contributed by atoms with Crippen LogP contribution in [0.2, 0.25) is 0 Å². The summed E-state index contributed by atoms with van der Waals surface area (Å²) in [7, 11) is 3.70. The molecule has 20 heavy (non-hydrogen) atoms. The molecule has 1 aromatic carbocycles. The molecule has 0 radical (unpaired) electrons. The number of imidazole rings is 1. The maximum atomic E-state index is 11.8. The molecule has 1 heterocycles. The Labute approximate surface area is 117 Å². The Kier molecular flexibility index (Phi) is 4.14. The molecular weight excluding hydrogens is 254 g/mol. The third-order valence-electron chi connectivity index (χ3n) is 3.03. The molecule has 6 nitrogen and oxygen atoms in total. The molecule has 0 fully saturated rings. The highest BCUT2D eigenvalue weighted by molar-refractivity contribution is 6.01. The van der Waals surface area contributed by atoms with Gasteiger partial charge in [-0.25, -0.2) is 4.98 Å². The van der Waals surface area contributed by atoms with Crippen LogP contribution in [-0.2, 0) is 0 Å². The lowest BCUT2D eigenvalue weighted by molar-refractivity contribution is 0.101. The van der Waals surface area contributed by atoms with Gasteiger partial charge in [-0.1, -0.05) is 0 Å². The monoisotopic (exact) mass is 271 g/mol. The fourth-order valence-corrected chi connectivity index (χ4v) is 1.68. The topological polar surface area (TPSA) is 73.4 Å². The van der Waals surface area contributed by atoms with E-state index < -0.39 is 0 Å². The molecule has 0 aliphatic carbocycles. The van der Waals surface area contributed by atoms with Gasteiger partial charge in [0.25, 0.3) is 5.91 Å². The first-order chi connectivity index (χ1) is 9.61.